The number of ether oxygens (including phenoxy) is 1. The van der Waals surface area contributed by atoms with Crippen LogP contribution in [0.5, 0.6) is 0 Å². The van der Waals surface area contributed by atoms with E-state index in [0.717, 1.165) is 30.6 Å². The van der Waals surface area contributed by atoms with Crippen LogP contribution in [0.1, 0.15) is 37.3 Å². The number of carbonyl (C=O) groups excluding carboxylic acids is 2. The normalized spacial score (nSPS) is 25.8. The maximum Gasteiger partial charge on any atom is 0.242 e. The molecule has 7 heteroatoms. The van der Waals surface area contributed by atoms with Crippen molar-refractivity contribution in [3.05, 3.63) is 35.4 Å². The van der Waals surface area contributed by atoms with Crippen molar-refractivity contribution in [1.29, 1.82) is 0 Å². The molecule has 1 aromatic rings. The average molecular weight is 440 g/mol. The highest BCUT2D eigenvalue weighted by molar-refractivity contribution is 5.88. The molecular formula is C25H33N3O4. The second-order valence-electron chi connectivity index (χ2n) is 9.33. The first kappa shape index (κ1) is 22.8. The molecule has 3 aliphatic heterocycles. The lowest BCUT2D eigenvalue weighted by Crippen LogP contribution is -2.73. The molecule has 1 aromatic carbocycles. The van der Waals surface area contributed by atoms with Crippen molar-refractivity contribution in [2.45, 2.75) is 38.3 Å². The van der Waals surface area contributed by atoms with Crippen LogP contribution in [0.15, 0.2) is 24.3 Å². The summed E-state index contributed by atoms with van der Waals surface area (Å²) in [5.74, 6) is 6.87. The molecule has 3 atom stereocenters. The van der Waals surface area contributed by atoms with Gasteiger partial charge in [0.1, 0.15) is 0 Å². The van der Waals surface area contributed by atoms with Gasteiger partial charge in [0.25, 0.3) is 0 Å². The van der Waals surface area contributed by atoms with Gasteiger partial charge in [-0.3, -0.25) is 14.5 Å². The smallest absolute Gasteiger partial charge is 0.242 e. The van der Waals surface area contributed by atoms with E-state index in [4.69, 9.17) is 4.74 Å². The molecule has 4 rings (SSSR count). The number of hydrogen-bond acceptors (Lipinski definition) is 5. The van der Waals surface area contributed by atoms with E-state index in [1.165, 1.54) is 0 Å². The van der Waals surface area contributed by atoms with Crippen molar-refractivity contribution >= 4 is 11.8 Å². The number of aliphatic hydroxyl groups is 1. The Morgan fingerprint density at radius 2 is 1.94 bits per heavy atom. The van der Waals surface area contributed by atoms with Gasteiger partial charge in [-0.2, -0.15) is 0 Å². The Bertz CT molecular complexity index is 883. The van der Waals surface area contributed by atoms with Gasteiger partial charge < -0.3 is 19.6 Å². The summed E-state index contributed by atoms with van der Waals surface area (Å²) in [6.07, 6.45) is 0.866. The number of morpholine rings is 1. The monoisotopic (exact) mass is 439 g/mol. The number of benzene rings is 1. The second kappa shape index (κ2) is 10.0. The third-order valence-electron chi connectivity index (χ3n) is 6.61. The first-order valence-electron chi connectivity index (χ1n) is 11.6. The van der Waals surface area contributed by atoms with Gasteiger partial charge in [-0.25, -0.2) is 0 Å². The van der Waals surface area contributed by atoms with Crippen LogP contribution in [0.2, 0.25) is 0 Å². The predicted octanol–water partition coefficient (Wildman–Crippen LogP) is 0.914. The van der Waals surface area contributed by atoms with E-state index in [1.807, 2.05) is 24.3 Å². The fourth-order valence-electron chi connectivity index (χ4n) is 4.89. The summed E-state index contributed by atoms with van der Waals surface area (Å²) >= 11 is 0. The molecule has 1 N–H and O–H groups in total. The highest BCUT2D eigenvalue weighted by Gasteiger charge is 2.54. The molecule has 0 saturated carbocycles. The van der Waals surface area contributed by atoms with E-state index in [9.17, 15) is 14.7 Å². The maximum absolute atomic E-state index is 12.9. The minimum Gasteiger partial charge on any atom is -0.394 e. The Morgan fingerprint density at radius 3 is 2.59 bits per heavy atom. The van der Waals surface area contributed by atoms with Crippen molar-refractivity contribution in [3.63, 3.8) is 0 Å². The van der Waals surface area contributed by atoms with Crippen LogP contribution in [0, 0.1) is 17.8 Å². The summed E-state index contributed by atoms with van der Waals surface area (Å²) < 4.78 is 5.35. The van der Waals surface area contributed by atoms with Gasteiger partial charge in [0.05, 0.1) is 45.0 Å². The van der Waals surface area contributed by atoms with Crippen molar-refractivity contribution in [3.8, 4) is 11.8 Å². The van der Waals surface area contributed by atoms with Gasteiger partial charge in [0, 0.05) is 37.5 Å². The topological polar surface area (TPSA) is 73.3 Å². The van der Waals surface area contributed by atoms with E-state index in [0.29, 0.717) is 32.2 Å². The van der Waals surface area contributed by atoms with E-state index in [1.54, 1.807) is 9.80 Å². The largest absolute Gasteiger partial charge is 0.394 e. The number of rotatable bonds is 5. The third kappa shape index (κ3) is 4.83. The van der Waals surface area contributed by atoms with Crippen LogP contribution in [0.4, 0.5) is 0 Å². The number of hydrogen-bond donors (Lipinski definition) is 1. The van der Waals surface area contributed by atoms with Crippen LogP contribution < -0.4 is 0 Å². The number of nitrogens with zero attached hydrogens (tertiary/aromatic N) is 3. The third-order valence-corrected chi connectivity index (χ3v) is 6.61. The molecular weight excluding hydrogens is 406 g/mol. The van der Waals surface area contributed by atoms with Gasteiger partial charge in [0.15, 0.2) is 0 Å². The van der Waals surface area contributed by atoms with Crippen LogP contribution in [-0.2, 0) is 14.3 Å². The molecule has 3 saturated heterocycles. The number of amides is 2. The van der Waals surface area contributed by atoms with E-state index in [2.05, 4.69) is 30.6 Å². The fraction of sp³-hybridized carbons (Fsp3) is 0.600. The number of piperazine rings is 1. The van der Waals surface area contributed by atoms with Gasteiger partial charge in [-0.15, -0.1) is 0 Å². The molecule has 0 bridgehead atoms. The summed E-state index contributed by atoms with van der Waals surface area (Å²) in [5, 5.41) is 9.97. The Hall–Kier alpha value is -2.40. The summed E-state index contributed by atoms with van der Waals surface area (Å²) in [4.78, 5) is 31.2. The lowest BCUT2D eigenvalue weighted by Gasteiger charge is -2.58. The highest BCUT2D eigenvalue weighted by atomic mass is 16.5. The summed E-state index contributed by atoms with van der Waals surface area (Å²) in [6, 6.07) is 7.77. The zero-order chi connectivity index (χ0) is 22.7. The molecule has 2 amide bonds. The SMILES string of the molecule is CC(C)CC#Cc1ccc([C@@H]2[C@H](CO)N3C(=O)CN(C(=O)CN4CCOCC4)C[C@@H]23)cc1. The van der Waals surface area contributed by atoms with Crippen molar-refractivity contribution < 1.29 is 19.4 Å². The van der Waals surface area contributed by atoms with Crippen molar-refractivity contribution in [2.24, 2.45) is 5.92 Å². The lowest BCUT2D eigenvalue weighted by atomic mass is 9.73. The Morgan fingerprint density at radius 1 is 1.22 bits per heavy atom. The molecule has 32 heavy (non-hydrogen) atoms. The molecule has 3 aliphatic rings. The highest BCUT2D eigenvalue weighted by Crippen LogP contribution is 2.42. The minimum atomic E-state index is -0.234. The van der Waals surface area contributed by atoms with Gasteiger partial charge in [-0.1, -0.05) is 37.8 Å². The molecule has 0 spiro atoms. The molecule has 172 valence electrons. The zero-order valence-electron chi connectivity index (χ0n) is 19.0. The van der Waals surface area contributed by atoms with E-state index in [-0.39, 0.29) is 43.0 Å². The quantitative estimate of drug-likeness (QED) is 0.691. The summed E-state index contributed by atoms with van der Waals surface area (Å²) in [7, 11) is 0. The number of fused-ring (bicyclic) bond motifs is 1. The van der Waals surface area contributed by atoms with Crippen LogP contribution in [-0.4, -0.2) is 96.2 Å². The first-order valence-corrected chi connectivity index (χ1v) is 11.6. The fourth-order valence-corrected chi connectivity index (χ4v) is 4.89. The first-order chi connectivity index (χ1) is 15.5. The number of carbonyl (C=O) groups is 2. The maximum atomic E-state index is 12.9. The average Bonchev–Trinajstić information content (AvgIpc) is 2.76. The predicted molar refractivity (Wildman–Crippen MR) is 121 cm³/mol. The molecule has 3 heterocycles. The van der Waals surface area contributed by atoms with E-state index < -0.39 is 0 Å². The lowest BCUT2D eigenvalue weighted by molar-refractivity contribution is -0.167. The zero-order valence-corrected chi connectivity index (χ0v) is 19.0. The molecule has 0 radical (unpaired) electrons. The van der Waals surface area contributed by atoms with Crippen molar-refractivity contribution in [1.82, 2.24) is 14.7 Å². The van der Waals surface area contributed by atoms with E-state index >= 15 is 0 Å². The molecule has 7 nitrogen and oxygen atoms in total. The van der Waals surface area contributed by atoms with Crippen molar-refractivity contribution in [2.75, 3.05) is 52.5 Å². The van der Waals surface area contributed by atoms with Crippen LogP contribution >= 0.6 is 0 Å². The Kier molecular flexibility index (Phi) is 7.14. The molecule has 0 unspecified atom stereocenters. The van der Waals surface area contributed by atoms with Crippen LogP contribution in [0.3, 0.4) is 0 Å². The second-order valence-corrected chi connectivity index (χ2v) is 9.33. The number of aliphatic hydroxyl groups excluding tert-OH is 1. The molecule has 0 aliphatic carbocycles. The Labute approximate surface area is 190 Å². The Balaban J connectivity index is 1.44. The summed E-state index contributed by atoms with van der Waals surface area (Å²) in [6.45, 7) is 7.90. The van der Waals surface area contributed by atoms with Gasteiger partial charge in [-0.05, 0) is 23.6 Å². The minimum absolute atomic E-state index is 0.0122. The molecule has 3 fully saturated rings. The van der Waals surface area contributed by atoms with Gasteiger partial charge in [0.2, 0.25) is 11.8 Å². The van der Waals surface area contributed by atoms with Gasteiger partial charge >= 0.3 is 0 Å². The molecule has 0 aromatic heterocycles. The van der Waals surface area contributed by atoms with Crippen LogP contribution in [0.25, 0.3) is 0 Å². The summed E-state index contributed by atoms with van der Waals surface area (Å²) in [5.41, 5.74) is 2.04. The standard InChI is InChI=1S/C25H33N3O4/c1-18(2)4-3-5-19-6-8-20(9-7-19)25-21-14-27(16-24(31)28(21)22(25)17-29)23(30)15-26-10-12-32-13-11-26/h6-9,18,21-22,25,29H,4,10-17H2,1-2H3/t21-,22-,25-/m0/s1.